The molecule has 12 rings (SSSR count). The van der Waals surface area contributed by atoms with Crippen molar-refractivity contribution in [1.29, 1.82) is 0 Å². The van der Waals surface area contributed by atoms with Crippen molar-refractivity contribution in [3.05, 3.63) is 166 Å². The fraction of sp³-hybridized carbons (Fsp3) is 0.571. The fourth-order valence-corrected chi connectivity index (χ4v) is 19.1. The van der Waals surface area contributed by atoms with Crippen molar-refractivity contribution in [3.63, 3.8) is 0 Å². The van der Waals surface area contributed by atoms with Crippen LogP contribution in [0.5, 0.6) is 0 Å². The zero-order valence-electron chi connectivity index (χ0n) is 70.4. The minimum Gasteiger partial charge on any atom is -0.480 e. The number of carboxylic acids is 1. The van der Waals surface area contributed by atoms with Crippen molar-refractivity contribution in [3.8, 4) is 0 Å². The standard InChI is InChI=1S/C40H50N2O11.C37H45NO10.C3H7NO2.C2H7NO.CH4O.CH4.4Ac.P2S2/c1-21-25(18-40(50)22(2)33-38(5,26(43)17-27-39(33,49)20-51-27)34(46)31(45)29(21)37(40,3)4)52-36(48)32(53-28(44)19-41-6)30(23-13-9-7-10-14-23)42-35(47)24-15-11-8-12-16-24;1-19-23(48-33(44)29(41)27(21-12-8-6-9-13-21)38-32(43)22-14-10-7-11-15-22)17-37(46)20(2)30-35(5,24(39)16-25-36(30,45)18-47-25)31(42)28(40)26(19)34(37,3)4;1-4-2-3(5)6;1-4-2-3;1-2;;;;;;3-1-2-4/h7-16,22,25-27,30-33,41,43,45,49-50H,17-20H2,1-6H3,(H,42,47);6-15,20,23-25,27-30,39-41,45-46H,16-18H2,1-5H3,(H,38,43);4H,2H2,1H3,(H,5,6);2-3H2,1H3;2H,1H3;1H4;;;;;. The Hall–Kier alpha value is -1.31. The van der Waals surface area contributed by atoms with E-state index in [-0.39, 0.29) is 247 Å². The number of aliphatic hydroxyl groups excluding tert-OH is 6. The minimum atomic E-state index is -1.87. The Morgan fingerprint density at radius 2 is 0.893 bits per heavy atom. The van der Waals surface area contributed by atoms with E-state index in [1.807, 2.05) is 0 Å². The maximum absolute atomic E-state index is 14.5. The van der Waals surface area contributed by atoms with Gasteiger partial charge in [-0.15, -0.1) is 0 Å². The van der Waals surface area contributed by atoms with E-state index in [4.69, 9.17) is 39.6 Å². The third-order valence-electron chi connectivity index (χ3n) is 25.4. The second-order valence-corrected chi connectivity index (χ2v) is 36.4. The van der Waals surface area contributed by atoms with Crippen molar-refractivity contribution in [2.24, 2.45) is 51.1 Å². The van der Waals surface area contributed by atoms with Crippen LogP contribution in [0.1, 0.15) is 146 Å². The molecule has 30 nitrogen and oxygen atoms in total. The van der Waals surface area contributed by atoms with Crippen molar-refractivity contribution < 1.29 is 299 Å². The Morgan fingerprint density at radius 3 is 1.20 bits per heavy atom. The van der Waals surface area contributed by atoms with E-state index in [1.165, 1.54) is 20.9 Å². The molecular weight excluding hydrogens is 2510 g/mol. The summed E-state index contributed by atoms with van der Waals surface area (Å²) in [5.74, 6) is -10.1. The van der Waals surface area contributed by atoms with Crippen LogP contribution in [0.4, 0.5) is 0 Å². The number of nitrogens with two attached hydrogens (primary N) is 1. The average Bonchev–Trinajstić information content (AvgIpc) is 0.679. The van der Waals surface area contributed by atoms with Gasteiger partial charge in [-0.2, -0.15) is 0 Å². The van der Waals surface area contributed by atoms with Gasteiger partial charge in [-0.1, -0.05) is 146 Å². The zero-order valence-corrected chi connectivity index (χ0v) is 92.8. The molecular formula is C84H117Ac4N5O25P2S2. The van der Waals surface area contributed by atoms with Gasteiger partial charge in [0.25, 0.3) is 11.8 Å². The Kier molecular flexibility index (Phi) is 47.8. The van der Waals surface area contributed by atoms with Gasteiger partial charge in [-0.05, 0) is 135 Å². The first-order chi connectivity index (χ1) is 55.0. The third kappa shape index (κ3) is 23.8. The predicted molar refractivity (Wildman–Crippen MR) is 443 cm³/mol. The number of ketones is 2. The summed E-state index contributed by atoms with van der Waals surface area (Å²) in [7, 11) is 7.42. The number of Topliss-reactive ketones (excluding diaryl/α,β-unsaturated/α-hetero) is 2. The number of hydrogen-bond acceptors (Lipinski definition) is 29. The van der Waals surface area contributed by atoms with Crippen LogP contribution in [0.25, 0.3) is 0 Å². The monoisotopic (exact) mass is 2630 g/mol. The fourth-order valence-electron chi connectivity index (χ4n) is 19.1. The molecule has 4 aromatic rings. The van der Waals surface area contributed by atoms with Gasteiger partial charge in [0.15, 0.2) is 17.7 Å². The van der Waals surface area contributed by atoms with E-state index < -0.39 is 188 Å². The number of aliphatic hydroxyl groups is 10. The van der Waals surface area contributed by atoms with Crippen molar-refractivity contribution in [2.75, 3.05) is 61.3 Å². The number of amides is 2. The van der Waals surface area contributed by atoms with Crippen LogP contribution >= 0.6 is 14.1 Å². The molecule has 4 saturated carbocycles. The van der Waals surface area contributed by atoms with Gasteiger partial charge in [0.1, 0.15) is 41.7 Å². The number of carbonyl (C=O) groups excluding carboxylic acids is 7. The van der Waals surface area contributed by atoms with Crippen molar-refractivity contribution >= 4 is 85.0 Å². The molecule has 38 heteroatoms. The second-order valence-electron chi connectivity index (χ2n) is 32.2. The number of carboxylic acid groups (broad SMARTS) is 1. The van der Waals surface area contributed by atoms with Crippen LogP contribution in [-0.2, 0) is 80.8 Å². The van der Waals surface area contributed by atoms with E-state index in [0.29, 0.717) is 40.1 Å². The normalized spacial score (nSPS) is 31.5. The molecule has 22 unspecified atom stereocenters. The number of esters is 3. The largest absolute Gasteiger partial charge is 0.480 e. The summed E-state index contributed by atoms with van der Waals surface area (Å²) in [6.07, 6.45) is -14.2. The average molecular weight is 2630 g/mol. The summed E-state index contributed by atoms with van der Waals surface area (Å²) >= 11 is 8.82. The number of hydrogen-bond donors (Lipinski definition) is 16. The second kappa shape index (κ2) is 50.0. The van der Waals surface area contributed by atoms with Gasteiger partial charge in [0.2, 0.25) is 6.10 Å². The van der Waals surface area contributed by atoms with Gasteiger partial charge in [-0.3, -0.25) is 28.8 Å². The number of benzene rings is 4. The molecule has 122 heavy (non-hydrogen) atoms. The Balaban J connectivity index is 0.000000680. The van der Waals surface area contributed by atoms with Gasteiger partial charge >= 0.3 is 23.9 Å². The maximum atomic E-state index is 14.5. The van der Waals surface area contributed by atoms with Gasteiger partial charge in [-0.25, -0.2) is 9.59 Å². The van der Waals surface area contributed by atoms with Crippen molar-refractivity contribution in [2.45, 2.75) is 198 Å². The van der Waals surface area contributed by atoms with E-state index in [0.717, 1.165) is 21.2 Å². The van der Waals surface area contributed by atoms with E-state index >= 15 is 0 Å². The number of ether oxygens (including phenoxy) is 6. The van der Waals surface area contributed by atoms with Crippen LogP contribution in [0, 0.1) is 222 Å². The molecule has 17 N–H and O–H groups in total. The number of likely N-dealkylation sites (N-methyl/N-ethyl adjacent to an activating group) is 2. The number of carbonyl (C=O) groups is 8. The molecule has 8 aliphatic rings. The first-order valence-electron chi connectivity index (χ1n) is 38.3. The van der Waals surface area contributed by atoms with Gasteiger partial charge in [0, 0.05) is 264 Å². The zero-order chi connectivity index (χ0) is 87.5. The maximum Gasteiger partial charge on any atom is 0.350 e. The Morgan fingerprint density at radius 1 is 0.566 bits per heavy atom. The molecule has 6 fully saturated rings. The summed E-state index contributed by atoms with van der Waals surface area (Å²) in [5.41, 5.74) is -5.30. The minimum absolute atomic E-state index is 0. The molecule has 2 heterocycles. The van der Waals surface area contributed by atoms with Crippen molar-refractivity contribution in [1.82, 2.24) is 21.3 Å². The van der Waals surface area contributed by atoms with E-state index in [1.54, 1.807) is 191 Å². The molecule has 2 amide bonds. The SMILES string of the molecule is C.CC1=C2C(O)C(=O)C3(C)C(O)CC4OCC4(O)C3C(C)C(O)(CC1OC(=O)C(O)C(NC(=O)c1ccccc1)c1ccccc1)C2(C)C.CNCC(=O)O.CNCC(=O)OC(C(=O)OC1CC2(O)C(C)C3C4(O)COC4CC(O)C3(C)C(=O)C(O)C(=C1C)C2(C)C)C(NC(=O)c1ccccc1)c1ccccc1.CO.COCN.S=PP=S.[Ac].[Ac].[Ac].[Ac]. The molecule has 4 bridgehead atoms. The molecule has 22 atom stereocenters. The van der Waals surface area contributed by atoms with Gasteiger partial charge in [0.05, 0.1) is 85.5 Å². The summed E-state index contributed by atoms with van der Waals surface area (Å²) in [5, 5.41) is 133. The first-order valence-corrected chi connectivity index (χ1v) is 42.8. The molecule has 4 aromatic carbocycles. The van der Waals surface area contributed by atoms with E-state index in [2.05, 4.69) is 49.6 Å². The topological polar surface area (TPSA) is 489 Å². The molecule has 0 aromatic heterocycles. The Bertz CT molecular complexity index is 4270. The third-order valence-corrected chi connectivity index (χ3v) is 28.1. The van der Waals surface area contributed by atoms with Gasteiger partial charge < -0.3 is 112 Å². The number of fused-ring (bicyclic) bond motifs is 10. The molecule has 2 saturated heterocycles. The number of methoxy groups -OCH3 is 1. The quantitative estimate of drug-likeness (QED) is 0.0201. The summed E-state index contributed by atoms with van der Waals surface area (Å²) in [4.78, 5) is 106. The number of nitrogens with one attached hydrogen (secondary N) is 4. The predicted octanol–water partition coefficient (Wildman–Crippen LogP) is 4.58. The van der Waals surface area contributed by atoms with E-state index in [9.17, 15) is 84.3 Å². The van der Waals surface area contributed by atoms with Crippen LogP contribution in [0.2, 0.25) is 0 Å². The summed E-state index contributed by atoms with van der Waals surface area (Å²) < 4.78 is 33.4. The molecule has 662 valence electrons. The molecule has 2 aliphatic heterocycles. The van der Waals surface area contributed by atoms with Crippen LogP contribution < -0.4 is 27.0 Å². The molecule has 6 aliphatic carbocycles. The van der Waals surface area contributed by atoms with Crippen LogP contribution in [-0.4, -0.2) is 248 Å². The van der Waals surface area contributed by atoms with Crippen LogP contribution in [0.15, 0.2) is 144 Å². The number of rotatable bonds is 19. The molecule has 4 radical (unpaired) electrons. The Labute approximate surface area is 869 Å². The molecule has 0 spiro atoms. The van der Waals surface area contributed by atoms with Crippen LogP contribution in [0.3, 0.4) is 0 Å². The number of aliphatic carboxylic acids is 1. The summed E-state index contributed by atoms with van der Waals surface area (Å²) in [6.45, 7) is 16.4. The summed E-state index contributed by atoms with van der Waals surface area (Å²) in [6, 6.07) is 31.2. The smallest absolute Gasteiger partial charge is 0.350 e. The first kappa shape index (κ1) is 117.